The van der Waals surface area contributed by atoms with Gasteiger partial charge in [0, 0.05) is 42.8 Å². The smallest absolute Gasteiger partial charge is 0.317 e. The lowest BCUT2D eigenvalue weighted by Gasteiger charge is -2.31. The Morgan fingerprint density at radius 2 is 2.07 bits per heavy atom. The summed E-state index contributed by atoms with van der Waals surface area (Å²) < 4.78 is 1.78. The number of nitrogens with zero attached hydrogens (tertiary/aromatic N) is 6. The van der Waals surface area contributed by atoms with E-state index in [9.17, 15) is 4.79 Å². The Kier molecular flexibility index (Phi) is 4.95. The average molecular weight is 365 g/mol. The van der Waals surface area contributed by atoms with Crippen molar-refractivity contribution >= 4 is 17.1 Å². The summed E-state index contributed by atoms with van der Waals surface area (Å²) in [6.45, 7) is 4.58. The SMILES string of the molecule is CCn1ncnc1CNC(=O)N1CCC(c2ccc3cccnc3n2)CC1. The van der Waals surface area contributed by atoms with Gasteiger partial charge in [-0.15, -0.1) is 0 Å². The van der Waals surface area contributed by atoms with E-state index < -0.39 is 0 Å². The highest BCUT2D eigenvalue weighted by Gasteiger charge is 2.25. The van der Waals surface area contributed by atoms with Crippen molar-refractivity contribution < 1.29 is 4.79 Å². The average Bonchev–Trinajstić information content (AvgIpc) is 3.19. The molecular formula is C19H23N7O. The van der Waals surface area contributed by atoms with Crippen LogP contribution in [-0.2, 0) is 13.1 Å². The predicted molar refractivity (Wildman–Crippen MR) is 101 cm³/mol. The first-order valence-corrected chi connectivity index (χ1v) is 9.35. The molecule has 1 saturated heterocycles. The molecule has 3 aromatic rings. The van der Waals surface area contributed by atoms with E-state index in [1.807, 2.05) is 24.0 Å². The third kappa shape index (κ3) is 3.74. The zero-order valence-electron chi connectivity index (χ0n) is 15.4. The number of aryl methyl sites for hydroxylation is 1. The van der Waals surface area contributed by atoms with Gasteiger partial charge in [-0.25, -0.2) is 24.4 Å². The number of likely N-dealkylation sites (tertiary alicyclic amines) is 1. The van der Waals surface area contributed by atoms with Gasteiger partial charge in [0.25, 0.3) is 0 Å². The van der Waals surface area contributed by atoms with E-state index in [0.717, 1.165) is 55.0 Å². The van der Waals surface area contributed by atoms with Crippen LogP contribution in [0.1, 0.15) is 37.2 Å². The number of amides is 2. The first kappa shape index (κ1) is 17.4. The summed E-state index contributed by atoms with van der Waals surface area (Å²) in [6, 6.07) is 8.05. The zero-order valence-corrected chi connectivity index (χ0v) is 15.4. The summed E-state index contributed by atoms with van der Waals surface area (Å²) >= 11 is 0. The number of fused-ring (bicyclic) bond motifs is 1. The first-order valence-electron chi connectivity index (χ1n) is 9.35. The third-order valence-corrected chi connectivity index (χ3v) is 5.08. The molecule has 1 aliphatic heterocycles. The highest BCUT2D eigenvalue weighted by Crippen LogP contribution is 2.27. The summed E-state index contributed by atoms with van der Waals surface area (Å²) in [7, 11) is 0. The Bertz CT molecular complexity index is 930. The maximum atomic E-state index is 12.4. The van der Waals surface area contributed by atoms with E-state index in [4.69, 9.17) is 4.98 Å². The van der Waals surface area contributed by atoms with Gasteiger partial charge in [0.05, 0.1) is 6.54 Å². The fourth-order valence-electron chi connectivity index (χ4n) is 3.53. The molecule has 140 valence electrons. The van der Waals surface area contributed by atoms with Crippen LogP contribution in [0.15, 0.2) is 36.8 Å². The Labute approximate surface area is 157 Å². The molecule has 1 fully saturated rings. The van der Waals surface area contributed by atoms with Crippen molar-refractivity contribution in [2.75, 3.05) is 13.1 Å². The Morgan fingerprint density at radius 1 is 1.22 bits per heavy atom. The molecule has 2 amide bonds. The van der Waals surface area contributed by atoms with E-state index in [1.165, 1.54) is 6.33 Å². The topological polar surface area (TPSA) is 88.8 Å². The van der Waals surface area contributed by atoms with Crippen LogP contribution in [0.4, 0.5) is 4.79 Å². The molecule has 8 heteroatoms. The molecule has 4 heterocycles. The number of pyridine rings is 2. The fraction of sp³-hybridized carbons (Fsp3) is 0.421. The number of piperidine rings is 1. The van der Waals surface area contributed by atoms with Gasteiger partial charge in [0.2, 0.25) is 0 Å². The van der Waals surface area contributed by atoms with Gasteiger partial charge in [-0.3, -0.25) is 0 Å². The van der Waals surface area contributed by atoms with E-state index in [1.54, 1.807) is 10.9 Å². The van der Waals surface area contributed by atoms with Crippen LogP contribution in [0.2, 0.25) is 0 Å². The summed E-state index contributed by atoms with van der Waals surface area (Å²) in [6.07, 6.45) is 5.10. The van der Waals surface area contributed by atoms with Crippen molar-refractivity contribution in [1.82, 2.24) is 34.9 Å². The zero-order chi connectivity index (χ0) is 18.6. The van der Waals surface area contributed by atoms with Crippen molar-refractivity contribution in [1.29, 1.82) is 0 Å². The molecule has 3 aromatic heterocycles. The molecule has 0 radical (unpaired) electrons. The number of aromatic nitrogens is 5. The van der Waals surface area contributed by atoms with E-state index in [0.29, 0.717) is 12.5 Å². The molecule has 4 rings (SSSR count). The van der Waals surface area contributed by atoms with Crippen LogP contribution in [0, 0.1) is 0 Å². The predicted octanol–water partition coefficient (Wildman–Crippen LogP) is 2.33. The van der Waals surface area contributed by atoms with Crippen molar-refractivity contribution in [2.45, 2.75) is 38.8 Å². The van der Waals surface area contributed by atoms with Crippen molar-refractivity contribution in [3.05, 3.63) is 48.3 Å². The van der Waals surface area contributed by atoms with Crippen molar-refractivity contribution in [3.63, 3.8) is 0 Å². The molecule has 0 bridgehead atoms. The monoisotopic (exact) mass is 365 g/mol. The number of carbonyl (C=O) groups is 1. The van der Waals surface area contributed by atoms with E-state index in [2.05, 4.69) is 32.5 Å². The summed E-state index contributed by atoms with van der Waals surface area (Å²) in [5.74, 6) is 1.14. The summed E-state index contributed by atoms with van der Waals surface area (Å²) in [5.41, 5.74) is 1.85. The second-order valence-electron chi connectivity index (χ2n) is 6.70. The summed E-state index contributed by atoms with van der Waals surface area (Å²) in [4.78, 5) is 27.5. The van der Waals surface area contributed by atoms with Crippen LogP contribution in [0.25, 0.3) is 11.0 Å². The number of urea groups is 1. The first-order chi connectivity index (χ1) is 13.2. The lowest BCUT2D eigenvalue weighted by atomic mass is 9.93. The Hall–Kier alpha value is -3.03. The van der Waals surface area contributed by atoms with Crippen LogP contribution in [0.3, 0.4) is 0 Å². The summed E-state index contributed by atoms with van der Waals surface area (Å²) in [5, 5.41) is 8.12. The normalized spacial score (nSPS) is 15.2. The van der Waals surface area contributed by atoms with Gasteiger partial charge in [-0.05, 0) is 44.0 Å². The highest BCUT2D eigenvalue weighted by atomic mass is 16.2. The lowest BCUT2D eigenvalue weighted by Crippen LogP contribution is -2.44. The lowest BCUT2D eigenvalue weighted by molar-refractivity contribution is 0.180. The molecule has 0 unspecified atom stereocenters. The molecule has 1 aliphatic rings. The quantitative estimate of drug-likeness (QED) is 0.766. The molecule has 1 N–H and O–H groups in total. The van der Waals surface area contributed by atoms with Crippen LogP contribution in [0.5, 0.6) is 0 Å². The maximum absolute atomic E-state index is 12.4. The van der Waals surface area contributed by atoms with Crippen LogP contribution in [-0.4, -0.2) is 48.8 Å². The standard InChI is InChI=1S/C19H23N7O/c1-2-26-17(22-13-23-26)12-21-19(27)25-10-7-14(8-11-25)16-6-5-15-4-3-9-20-18(15)24-16/h3-6,9,13-14H,2,7-8,10-12H2,1H3,(H,21,27). The van der Waals surface area contributed by atoms with E-state index >= 15 is 0 Å². The van der Waals surface area contributed by atoms with Crippen molar-refractivity contribution in [3.8, 4) is 0 Å². The molecule has 0 aliphatic carbocycles. The molecule has 8 nitrogen and oxygen atoms in total. The van der Waals surface area contributed by atoms with E-state index in [-0.39, 0.29) is 6.03 Å². The molecule has 0 aromatic carbocycles. The molecular weight excluding hydrogens is 342 g/mol. The van der Waals surface area contributed by atoms with Crippen molar-refractivity contribution in [2.24, 2.45) is 0 Å². The number of nitrogens with one attached hydrogen (secondary N) is 1. The third-order valence-electron chi connectivity index (χ3n) is 5.08. The Morgan fingerprint density at radius 3 is 2.89 bits per heavy atom. The molecule has 0 saturated carbocycles. The van der Waals surface area contributed by atoms with Gasteiger partial charge >= 0.3 is 6.03 Å². The number of hydrogen-bond acceptors (Lipinski definition) is 5. The van der Waals surface area contributed by atoms with Gasteiger partial charge in [0.15, 0.2) is 5.65 Å². The van der Waals surface area contributed by atoms with Crippen LogP contribution >= 0.6 is 0 Å². The van der Waals surface area contributed by atoms with Crippen LogP contribution < -0.4 is 5.32 Å². The Balaban J connectivity index is 1.33. The fourth-order valence-corrected chi connectivity index (χ4v) is 3.53. The second-order valence-corrected chi connectivity index (χ2v) is 6.70. The molecule has 27 heavy (non-hydrogen) atoms. The molecule has 0 spiro atoms. The second kappa shape index (κ2) is 7.69. The van der Waals surface area contributed by atoms with Gasteiger partial charge in [0.1, 0.15) is 12.2 Å². The number of rotatable bonds is 4. The minimum Gasteiger partial charge on any atom is -0.331 e. The van der Waals surface area contributed by atoms with Gasteiger partial charge in [-0.1, -0.05) is 0 Å². The van der Waals surface area contributed by atoms with Gasteiger partial charge in [-0.2, -0.15) is 5.10 Å². The minimum absolute atomic E-state index is 0.0489. The number of hydrogen-bond donors (Lipinski definition) is 1. The number of carbonyl (C=O) groups excluding carboxylic acids is 1. The maximum Gasteiger partial charge on any atom is 0.317 e. The largest absolute Gasteiger partial charge is 0.331 e. The minimum atomic E-state index is -0.0489. The molecule has 0 atom stereocenters. The van der Waals surface area contributed by atoms with Gasteiger partial charge < -0.3 is 10.2 Å². The highest BCUT2D eigenvalue weighted by molar-refractivity contribution is 5.75.